The normalized spacial score (nSPS) is 14.5. The van der Waals surface area contributed by atoms with E-state index in [1.165, 1.54) is 5.75 Å². The Bertz CT molecular complexity index is 89.6. The number of hydrogen-bond acceptors (Lipinski definition) is 2. The summed E-state index contributed by atoms with van der Waals surface area (Å²) < 4.78 is 0. The van der Waals surface area contributed by atoms with Crippen molar-refractivity contribution in [2.75, 3.05) is 5.75 Å². The van der Waals surface area contributed by atoms with Gasteiger partial charge in [0.25, 0.3) is 0 Å². The van der Waals surface area contributed by atoms with E-state index in [0.717, 1.165) is 5.25 Å². The summed E-state index contributed by atoms with van der Waals surface area (Å²) in [6.45, 7) is 13.0. The molecule has 1 atom stereocenters. The van der Waals surface area contributed by atoms with Crippen LogP contribution in [0.5, 0.6) is 0 Å². The minimum Gasteiger partial charge on any atom is -0.158 e. The molecule has 11 heavy (non-hydrogen) atoms. The van der Waals surface area contributed by atoms with Crippen molar-refractivity contribution in [3.8, 4) is 0 Å². The summed E-state index contributed by atoms with van der Waals surface area (Å²) in [6.07, 6.45) is 0. The van der Waals surface area contributed by atoms with Crippen LogP contribution < -0.4 is 0 Å². The number of thioether (sulfide) groups is 2. The summed E-state index contributed by atoms with van der Waals surface area (Å²) in [5.74, 6) is 1.18. The van der Waals surface area contributed by atoms with Gasteiger partial charge in [-0.25, -0.2) is 0 Å². The fourth-order valence-electron chi connectivity index (χ4n) is 0.724. The van der Waals surface area contributed by atoms with Gasteiger partial charge in [0.1, 0.15) is 0 Å². The third-order valence-electron chi connectivity index (χ3n) is 1.08. The van der Waals surface area contributed by atoms with E-state index >= 15 is 0 Å². The zero-order valence-corrected chi connectivity index (χ0v) is 9.60. The molecule has 1 radical (unpaired) electrons. The van der Waals surface area contributed by atoms with Gasteiger partial charge in [-0.15, -0.1) is 0 Å². The van der Waals surface area contributed by atoms with Crippen LogP contribution in [0.2, 0.25) is 0 Å². The fourth-order valence-corrected chi connectivity index (χ4v) is 2.64. The van der Waals surface area contributed by atoms with Crippen LogP contribution in [0.3, 0.4) is 0 Å². The van der Waals surface area contributed by atoms with E-state index in [4.69, 9.17) is 0 Å². The Kier molecular flexibility index (Phi) is 6.64. The standard InChI is InChI=1S/C9H19S2/c1-7(2)10-6-9(5)11-8(3)4/h7-9H,5-6H2,1-4H3. The molecule has 2 heteroatoms. The first-order valence-electron chi connectivity index (χ1n) is 4.12. The van der Waals surface area contributed by atoms with Gasteiger partial charge in [-0.1, -0.05) is 27.7 Å². The summed E-state index contributed by atoms with van der Waals surface area (Å²) in [5, 5.41) is 2.01. The summed E-state index contributed by atoms with van der Waals surface area (Å²) >= 11 is 3.96. The first-order valence-corrected chi connectivity index (χ1v) is 6.11. The van der Waals surface area contributed by atoms with Crippen LogP contribution >= 0.6 is 23.5 Å². The highest BCUT2D eigenvalue weighted by Crippen LogP contribution is 2.22. The Morgan fingerprint density at radius 3 is 2.00 bits per heavy atom. The minimum absolute atomic E-state index is 0.558. The van der Waals surface area contributed by atoms with Crippen molar-refractivity contribution in [3.05, 3.63) is 6.92 Å². The highest BCUT2D eigenvalue weighted by atomic mass is 32.2. The molecule has 0 heterocycles. The monoisotopic (exact) mass is 191 g/mol. The van der Waals surface area contributed by atoms with E-state index in [1.807, 2.05) is 23.5 Å². The van der Waals surface area contributed by atoms with Gasteiger partial charge in [-0.05, 0) is 17.4 Å². The van der Waals surface area contributed by atoms with Crippen molar-refractivity contribution in [2.24, 2.45) is 0 Å². The maximum absolute atomic E-state index is 4.09. The van der Waals surface area contributed by atoms with Crippen LogP contribution in [0.25, 0.3) is 0 Å². The third kappa shape index (κ3) is 8.61. The van der Waals surface area contributed by atoms with Crippen molar-refractivity contribution < 1.29 is 0 Å². The van der Waals surface area contributed by atoms with Gasteiger partial charge < -0.3 is 0 Å². The molecule has 0 aromatic heterocycles. The van der Waals surface area contributed by atoms with E-state index in [9.17, 15) is 0 Å². The summed E-state index contributed by atoms with van der Waals surface area (Å²) in [5.41, 5.74) is 0. The van der Waals surface area contributed by atoms with Crippen LogP contribution in [-0.2, 0) is 0 Å². The Balaban J connectivity index is 3.29. The lowest BCUT2D eigenvalue weighted by Crippen LogP contribution is -2.06. The van der Waals surface area contributed by atoms with Crippen molar-refractivity contribution in [1.82, 2.24) is 0 Å². The first-order chi connectivity index (χ1) is 5.02. The second kappa shape index (κ2) is 6.24. The minimum atomic E-state index is 0.558. The lowest BCUT2D eigenvalue weighted by atomic mass is 10.5. The highest BCUT2D eigenvalue weighted by Gasteiger charge is 2.06. The smallest absolute Gasteiger partial charge is 0.0141 e. The molecular weight excluding hydrogens is 172 g/mol. The lowest BCUT2D eigenvalue weighted by molar-refractivity contribution is 1.08. The third-order valence-corrected chi connectivity index (χ3v) is 3.65. The number of hydrogen-bond donors (Lipinski definition) is 0. The van der Waals surface area contributed by atoms with Gasteiger partial charge in [0.05, 0.1) is 0 Å². The largest absolute Gasteiger partial charge is 0.158 e. The maximum atomic E-state index is 4.09. The Morgan fingerprint density at radius 2 is 1.64 bits per heavy atom. The average Bonchev–Trinajstić information content (AvgIpc) is 1.82. The van der Waals surface area contributed by atoms with Crippen molar-refractivity contribution in [3.63, 3.8) is 0 Å². The number of rotatable bonds is 5. The molecule has 1 unspecified atom stereocenters. The predicted octanol–water partition coefficient (Wildman–Crippen LogP) is 3.47. The van der Waals surface area contributed by atoms with Crippen molar-refractivity contribution in [2.45, 2.75) is 43.4 Å². The predicted molar refractivity (Wildman–Crippen MR) is 59.5 cm³/mol. The molecule has 0 N–H and O–H groups in total. The molecule has 0 aliphatic rings. The molecule has 0 aliphatic heterocycles. The Hall–Kier alpha value is 0.700. The van der Waals surface area contributed by atoms with Gasteiger partial charge in [-0.2, -0.15) is 23.5 Å². The van der Waals surface area contributed by atoms with E-state index in [1.54, 1.807) is 0 Å². The molecule has 0 aromatic rings. The van der Waals surface area contributed by atoms with E-state index in [0.29, 0.717) is 10.5 Å². The summed E-state index contributed by atoms with van der Waals surface area (Å²) in [4.78, 5) is 0. The molecule has 0 saturated heterocycles. The Morgan fingerprint density at radius 1 is 1.09 bits per heavy atom. The van der Waals surface area contributed by atoms with Crippen molar-refractivity contribution in [1.29, 1.82) is 0 Å². The quantitative estimate of drug-likeness (QED) is 0.652. The lowest BCUT2D eigenvalue weighted by Gasteiger charge is -2.14. The maximum Gasteiger partial charge on any atom is 0.0141 e. The fraction of sp³-hybridized carbons (Fsp3) is 0.889. The molecule has 0 rings (SSSR count). The van der Waals surface area contributed by atoms with Crippen LogP contribution in [-0.4, -0.2) is 21.5 Å². The molecule has 67 valence electrons. The van der Waals surface area contributed by atoms with Crippen molar-refractivity contribution >= 4 is 23.5 Å². The van der Waals surface area contributed by atoms with Crippen LogP contribution in [0.1, 0.15) is 27.7 Å². The van der Waals surface area contributed by atoms with E-state index in [2.05, 4.69) is 34.6 Å². The summed E-state index contributed by atoms with van der Waals surface area (Å²) in [7, 11) is 0. The molecule has 0 aliphatic carbocycles. The second-order valence-corrected chi connectivity index (χ2v) is 6.68. The van der Waals surface area contributed by atoms with Gasteiger partial charge in [0.15, 0.2) is 0 Å². The van der Waals surface area contributed by atoms with E-state index < -0.39 is 0 Å². The zero-order valence-electron chi connectivity index (χ0n) is 7.96. The van der Waals surface area contributed by atoms with Gasteiger partial charge in [0.2, 0.25) is 0 Å². The van der Waals surface area contributed by atoms with Gasteiger partial charge in [0, 0.05) is 11.0 Å². The van der Waals surface area contributed by atoms with Gasteiger partial charge >= 0.3 is 0 Å². The zero-order chi connectivity index (χ0) is 8.85. The average molecular weight is 191 g/mol. The SMILES string of the molecule is [CH2]C(CSC(C)C)SC(C)C. The Labute approximate surface area is 79.9 Å². The summed E-state index contributed by atoms with van der Waals surface area (Å²) in [6, 6.07) is 0. The van der Waals surface area contributed by atoms with Crippen LogP contribution in [0.4, 0.5) is 0 Å². The first kappa shape index (κ1) is 11.7. The molecule has 0 spiro atoms. The molecular formula is C9H19S2. The van der Waals surface area contributed by atoms with E-state index in [-0.39, 0.29) is 0 Å². The molecule has 0 fully saturated rings. The second-order valence-electron chi connectivity index (χ2n) is 3.19. The van der Waals surface area contributed by atoms with Crippen LogP contribution in [0.15, 0.2) is 0 Å². The van der Waals surface area contributed by atoms with Crippen LogP contribution in [0, 0.1) is 6.92 Å². The molecule has 0 nitrogen and oxygen atoms in total. The van der Waals surface area contributed by atoms with Gasteiger partial charge in [-0.3, -0.25) is 0 Å². The highest BCUT2D eigenvalue weighted by molar-refractivity contribution is 8.03. The molecule has 0 bridgehead atoms. The topological polar surface area (TPSA) is 0 Å². The molecule has 0 saturated carbocycles. The molecule has 0 amide bonds. The molecule has 0 aromatic carbocycles.